The molecule has 1 fully saturated rings. The first kappa shape index (κ1) is 12.5. The zero-order valence-corrected chi connectivity index (χ0v) is 10.9. The van der Waals surface area contributed by atoms with Gasteiger partial charge in [-0.1, -0.05) is 12.8 Å². The molecule has 0 unspecified atom stereocenters. The van der Waals surface area contributed by atoms with E-state index in [2.05, 4.69) is 9.88 Å². The van der Waals surface area contributed by atoms with Crippen molar-refractivity contribution in [1.82, 2.24) is 9.88 Å². The normalized spacial score (nSPS) is 17.9. The standard InChI is InChI=1S/C12H18N2O2S/c1-9-13-11(12(15)16)10(17-9)8-14-6-4-2-3-5-7-14/h2-8H2,1H3,(H,15,16). The topological polar surface area (TPSA) is 53.4 Å². The fourth-order valence-electron chi connectivity index (χ4n) is 2.24. The molecule has 0 saturated carbocycles. The van der Waals surface area contributed by atoms with Gasteiger partial charge in [-0.25, -0.2) is 9.78 Å². The lowest BCUT2D eigenvalue weighted by Crippen LogP contribution is -2.24. The molecule has 0 atom stereocenters. The van der Waals surface area contributed by atoms with Gasteiger partial charge < -0.3 is 5.11 Å². The van der Waals surface area contributed by atoms with E-state index in [1.54, 1.807) is 0 Å². The zero-order chi connectivity index (χ0) is 12.3. The monoisotopic (exact) mass is 254 g/mol. The number of carbonyl (C=O) groups is 1. The van der Waals surface area contributed by atoms with E-state index in [-0.39, 0.29) is 5.69 Å². The predicted octanol–water partition coefficient (Wildman–Crippen LogP) is 2.53. The van der Waals surface area contributed by atoms with Gasteiger partial charge in [0.2, 0.25) is 0 Å². The molecule has 2 heterocycles. The SMILES string of the molecule is Cc1nc(C(=O)O)c(CN2CCCCCC2)s1. The first-order chi connectivity index (χ1) is 8.16. The van der Waals surface area contributed by atoms with Crippen LogP contribution in [0.25, 0.3) is 0 Å². The van der Waals surface area contributed by atoms with Gasteiger partial charge in [-0.3, -0.25) is 4.90 Å². The minimum Gasteiger partial charge on any atom is -0.476 e. The predicted molar refractivity (Wildman–Crippen MR) is 67.6 cm³/mol. The van der Waals surface area contributed by atoms with E-state index in [4.69, 9.17) is 5.11 Å². The van der Waals surface area contributed by atoms with Crippen LogP contribution in [0.15, 0.2) is 0 Å². The van der Waals surface area contributed by atoms with Gasteiger partial charge in [0.1, 0.15) is 0 Å². The van der Waals surface area contributed by atoms with Gasteiger partial charge in [-0.2, -0.15) is 0 Å². The second kappa shape index (κ2) is 5.60. The van der Waals surface area contributed by atoms with E-state index in [0.29, 0.717) is 0 Å². The maximum atomic E-state index is 11.1. The van der Waals surface area contributed by atoms with Crippen LogP contribution in [0.3, 0.4) is 0 Å². The summed E-state index contributed by atoms with van der Waals surface area (Å²) in [5, 5.41) is 9.93. The molecule has 0 amide bonds. The van der Waals surface area contributed by atoms with E-state index in [1.807, 2.05) is 6.92 Å². The summed E-state index contributed by atoms with van der Waals surface area (Å²) in [5.41, 5.74) is 0.247. The van der Waals surface area contributed by atoms with Crippen LogP contribution in [-0.4, -0.2) is 34.0 Å². The highest BCUT2D eigenvalue weighted by atomic mass is 32.1. The molecule has 1 aromatic rings. The van der Waals surface area contributed by atoms with Crippen LogP contribution in [0.5, 0.6) is 0 Å². The van der Waals surface area contributed by atoms with Crippen molar-refractivity contribution >= 4 is 17.3 Å². The van der Waals surface area contributed by atoms with Crippen molar-refractivity contribution < 1.29 is 9.90 Å². The fourth-order valence-corrected chi connectivity index (χ4v) is 3.21. The number of aromatic nitrogens is 1. The van der Waals surface area contributed by atoms with Crippen molar-refractivity contribution in [2.45, 2.75) is 39.2 Å². The van der Waals surface area contributed by atoms with E-state index in [0.717, 1.165) is 29.5 Å². The molecule has 1 saturated heterocycles. The van der Waals surface area contributed by atoms with Crippen molar-refractivity contribution in [2.75, 3.05) is 13.1 Å². The van der Waals surface area contributed by atoms with Gasteiger partial charge in [0.15, 0.2) is 5.69 Å². The van der Waals surface area contributed by atoms with Crippen molar-refractivity contribution in [2.24, 2.45) is 0 Å². The summed E-state index contributed by atoms with van der Waals surface area (Å²) in [7, 11) is 0. The van der Waals surface area contributed by atoms with E-state index >= 15 is 0 Å². The molecule has 94 valence electrons. The van der Waals surface area contributed by atoms with Crippen molar-refractivity contribution in [3.8, 4) is 0 Å². The Balaban J connectivity index is 2.08. The van der Waals surface area contributed by atoms with Crippen LogP contribution in [0.1, 0.15) is 46.1 Å². The number of aryl methyl sites for hydroxylation is 1. The lowest BCUT2D eigenvalue weighted by atomic mass is 10.2. The van der Waals surface area contributed by atoms with Gasteiger partial charge in [-0.15, -0.1) is 11.3 Å². The summed E-state index contributed by atoms with van der Waals surface area (Å²) < 4.78 is 0. The fraction of sp³-hybridized carbons (Fsp3) is 0.667. The number of hydrogen-bond donors (Lipinski definition) is 1. The molecule has 1 N–H and O–H groups in total. The molecule has 0 aliphatic carbocycles. The lowest BCUT2D eigenvalue weighted by molar-refractivity contribution is 0.0689. The Labute approximate surface area is 105 Å². The highest BCUT2D eigenvalue weighted by Crippen LogP contribution is 2.21. The molecule has 0 aromatic carbocycles. The van der Waals surface area contributed by atoms with E-state index < -0.39 is 5.97 Å². The molecule has 1 aliphatic rings. The van der Waals surface area contributed by atoms with Gasteiger partial charge >= 0.3 is 5.97 Å². The molecule has 1 aromatic heterocycles. The zero-order valence-electron chi connectivity index (χ0n) is 10.1. The third kappa shape index (κ3) is 3.26. The van der Waals surface area contributed by atoms with E-state index in [9.17, 15) is 4.79 Å². The summed E-state index contributed by atoms with van der Waals surface area (Å²) in [4.78, 5) is 18.4. The lowest BCUT2D eigenvalue weighted by Gasteiger charge is -2.18. The Morgan fingerprint density at radius 2 is 2.00 bits per heavy atom. The number of hydrogen-bond acceptors (Lipinski definition) is 4. The number of nitrogens with zero attached hydrogens (tertiary/aromatic N) is 2. The third-order valence-corrected chi connectivity index (χ3v) is 4.03. The van der Waals surface area contributed by atoms with Crippen LogP contribution in [-0.2, 0) is 6.54 Å². The molecule has 0 bridgehead atoms. The quantitative estimate of drug-likeness (QED) is 0.900. The molecule has 2 rings (SSSR count). The number of carboxylic acid groups (broad SMARTS) is 1. The molecule has 4 nitrogen and oxygen atoms in total. The third-order valence-electron chi connectivity index (χ3n) is 3.07. The molecule has 0 spiro atoms. The molecular weight excluding hydrogens is 236 g/mol. The summed E-state index contributed by atoms with van der Waals surface area (Å²) in [5.74, 6) is -0.904. The second-order valence-corrected chi connectivity index (χ2v) is 5.79. The van der Waals surface area contributed by atoms with Gasteiger partial charge in [0.25, 0.3) is 0 Å². The highest BCUT2D eigenvalue weighted by Gasteiger charge is 2.18. The largest absolute Gasteiger partial charge is 0.476 e. The Hall–Kier alpha value is -0.940. The smallest absolute Gasteiger partial charge is 0.355 e. The summed E-state index contributed by atoms with van der Waals surface area (Å²) >= 11 is 1.51. The van der Waals surface area contributed by atoms with Crippen molar-refractivity contribution in [3.05, 3.63) is 15.6 Å². The number of rotatable bonds is 3. The van der Waals surface area contributed by atoms with Crippen molar-refractivity contribution in [3.63, 3.8) is 0 Å². The molecule has 1 aliphatic heterocycles. The Morgan fingerprint density at radius 3 is 2.59 bits per heavy atom. The van der Waals surface area contributed by atoms with Crippen LogP contribution in [0.4, 0.5) is 0 Å². The van der Waals surface area contributed by atoms with Crippen molar-refractivity contribution in [1.29, 1.82) is 0 Å². The summed E-state index contributed by atoms with van der Waals surface area (Å²) in [6.07, 6.45) is 5.04. The molecule has 17 heavy (non-hydrogen) atoms. The average Bonchev–Trinajstić information content (AvgIpc) is 2.50. The number of carboxylic acids is 1. The van der Waals surface area contributed by atoms with Gasteiger partial charge in [0.05, 0.1) is 9.88 Å². The number of thiazole rings is 1. The van der Waals surface area contributed by atoms with Gasteiger partial charge in [-0.05, 0) is 32.9 Å². The first-order valence-electron chi connectivity index (χ1n) is 6.09. The van der Waals surface area contributed by atoms with Crippen LogP contribution in [0.2, 0.25) is 0 Å². The van der Waals surface area contributed by atoms with Crippen LogP contribution >= 0.6 is 11.3 Å². The first-order valence-corrected chi connectivity index (χ1v) is 6.90. The summed E-state index contributed by atoms with van der Waals surface area (Å²) in [6.45, 7) is 4.77. The average molecular weight is 254 g/mol. The minimum absolute atomic E-state index is 0.247. The Morgan fingerprint density at radius 1 is 1.35 bits per heavy atom. The van der Waals surface area contributed by atoms with Crippen LogP contribution in [0, 0.1) is 6.92 Å². The van der Waals surface area contributed by atoms with Gasteiger partial charge in [0, 0.05) is 6.54 Å². The number of aromatic carboxylic acids is 1. The molecule has 5 heteroatoms. The Bertz CT molecular complexity index is 395. The highest BCUT2D eigenvalue weighted by molar-refractivity contribution is 7.11. The van der Waals surface area contributed by atoms with Crippen LogP contribution < -0.4 is 0 Å². The maximum absolute atomic E-state index is 11.1. The second-order valence-electron chi connectivity index (χ2n) is 4.50. The van der Waals surface area contributed by atoms with E-state index in [1.165, 1.54) is 37.0 Å². The molecule has 0 radical (unpaired) electrons. The summed E-state index contributed by atoms with van der Waals surface area (Å²) in [6, 6.07) is 0. The molecular formula is C12H18N2O2S. The maximum Gasteiger partial charge on any atom is 0.355 e. The minimum atomic E-state index is -0.904. The Kier molecular flexibility index (Phi) is 4.12. The number of likely N-dealkylation sites (tertiary alicyclic amines) is 1.